The second-order valence-corrected chi connectivity index (χ2v) is 4.41. The number of aryl methyl sites for hydroxylation is 1. The SMILES string of the molecule is CCCNc1nc(C)cc(OCCCOCCOC)n1. The molecule has 0 aromatic carbocycles. The highest BCUT2D eigenvalue weighted by molar-refractivity contribution is 5.30. The Bertz CT molecular complexity index is 375. The molecule has 0 aliphatic heterocycles. The van der Waals surface area contributed by atoms with E-state index < -0.39 is 0 Å². The van der Waals surface area contributed by atoms with E-state index in [1.54, 1.807) is 7.11 Å². The summed E-state index contributed by atoms with van der Waals surface area (Å²) in [5.41, 5.74) is 0.893. The Morgan fingerprint density at radius 1 is 1.15 bits per heavy atom. The number of anilines is 1. The summed E-state index contributed by atoms with van der Waals surface area (Å²) in [4.78, 5) is 8.62. The van der Waals surface area contributed by atoms with E-state index in [2.05, 4.69) is 22.2 Å². The Kier molecular flexibility index (Phi) is 8.66. The molecule has 0 saturated heterocycles. The first kappa shape index (κ1) is 16.7. The second kappa shape index (κ2) is 10.4. The first-order valence-corrected chi connectivity index (χ1v) is 7.05. The first-order valence-electron chi connectivity index (χ1n) is 7.05. The van der Waals surface area contributed by atoms with Gasteiger partial charge in [0.2, 0.25) is 11.8 Å². The zero-order valence-corrected chi connectivity index (χ0v) is 12.6. The van der Waals surface area contributed by atoms with E-state index in [1.165, 1.54) is 0 Å². The van der Waals surface area contributed by atoms with Crippen molar-refractivity contribution in [2.75, 3.05) is 45.4 Å². The van der Waals surface area contributed by atoms with E-state index in [0.29, 0.717) is 38.3 Å². The monoisotopic (exact) mass is 283 g/mol. The fraction of sp³-hybridized carbons (Fsp3) is 0.714. The summed E-state index contributed by atoms with van der Waals surface area (Å²) in [5.74, 6) is 1.23. The summed E-state index contributed by atoms with van der Waals surface area (Å²) in [7, 11) is 1.66. The lowest BCUT2D eigenvalue weighted by atomic mass is 10.4. The van der Waals surface area contributed by atoms with E-state index >= 15 is 0 Å². The number of ether oxygens (including phenoxy) is 3. The number of nitrogens with zero attached hydrogens (tertiary/aromatic N) is 2. The molecule has 0 fully saturated rings. The van der Waals surface area contributed by atoms with Crippen molar-refractivity contribution >= 4 is 5.95 Å². The van der Waals surface area contributed by atoms with Gasteiger partial charge in [-0.1, -0.05) is 6.92 Å². The van der Waals surface area contributed by atoms with Gasteiger partial charge in [0.25, 0.3) is 0 Å². The van der Waals surface area contributed by atoms with Gasteiger partial charge in [-0.2, -0.15) is 4.98 Å². The van der Waals surface area contributed by atoms with Crippen LogP contribution in [0.3, 0.4) is 0 Å². The summed E-state index contributed by atoms with van der Waals surface area (Å²) in [6.45, 7) is 7.37. The molecule has 0 aliphatic carbocycles. The van der Waals surface area contributed by atoms with E-state index in [9.17, 15) is 0 Å². The maximum Gasteiger partial charge on any atom is 0.226 e. The molecule has 1 rings (SSSR count). The van der Waals surface area contributed by atoms with Gasteiger partial charge in [0.05, 0.1) is 19.8 Å². The molecular weight excluding hydrogens is 258 g/mol. The van der Waals surface area contributed by atoms with Crippen LogP contribution in [0.25, 0.3) is 0 Å². The smallest absolute Gasteiger partial charge is 0.226 e. The van der Waals surface area contributed by atoms with Crippen molar-refractivity contribution in [1.82, 2.24) is 9.97 Å². The summed E-state index contributed by atoms with van der Waals surface area (Å²) >= 11 is 0. The lowest BCUT2D eigenvalue weighted by Crippen LogP contribution is -2.09. The molecule has 114 valence electrons. The van der Waals surface area contributed by atoms with Crippen LogP contribution in [-0.2, 0) is 9.47 Å². The van der Waals surface area contributed by atoms with Crippen molar-refractivity contribution in [2.24, 2.45) is 0 Å². The second-order valence-electron chi connectivity index (χ2n) is 4.41. The zero-order chi connectivity index (χ0) is 14.6. The number of rotatable bonds is 11. The number of hydrogen-bond donors (Lipinski definition) is 1. The van der Waals surface area contributed by atoms with Crippen molar-refractivity contribution in [3.63, 3.8) is 0 Å². The van der Waals surface area contributed by atoms with Crippen LogP contribution in [0.1, 0.15) is 25.5 Å². The van der Waals surface area contributed by atoms with Crippen LogP contribution in [0.4, 0.5) is 5.95 Å². The molecule has 6 heteroatoms. The molecule has 0 aliphatic rings. The molecule has 1 aromatic rings. The van der Waals surface area contributed by atoms with Crippen LogP contribution < -0.4 is 10.1 Å². The largest absolute Gasteiger partial charge is 0.477 e. The Morgan fingerprint density at radius 2 is 2.00 bits per heavy atom. The summed E-state index contributed by atoms with van der Waals surface area (Å²) in [6, 6.07) is 1.84. The number of hydrogen-bond acceptors (Lipinski definition) is 6. The van der Waals surface area contributed by atoms with Crippen molar-refractivity contribution in [3.05, 3.63) is 11.8 Å². The standard InChI is InChI=1S/C14H25N3O3/c1-4-6-15-14-16-12(2)11-13(17-14)20-8-5-7-19-10-9-18-3/h11H,4-10H2,1-3H3,(H,15,16,17). The molecular formula is C14H25N3O3. The average molecular weight is 283 g/mol. The molecule has 0 bridgehead atoms. The molecule has 0 saturated carbocycles. The molecule has 0 spiro atoms. The van der Waals surface area contributed by atoms with Crippen LogP contribution in [0.15, 0.2) is 6.07 Å². The fourth-order valence-electron chi connectivity index (χ4n) is 1.51. The molecule has 20 heavy (non-hydrogen) atoms. The van der Waals surface area contributed by atoms with E-state index in [-0.39, 0.29) is 0 Å². The van der Waals surface area contributed by atoms with E-state index in [1.807, 2.05) is 13.0 Å². The third-order valence-electron chi connectivity index (χ3n) is 2.48. The minimum atomic E-state index is 0.580. The summed E-state index contributed by atoms with van der Waals surface area (Å²) < 4.78 is 15.9. The highest BCUT2D eigenvalue weighted by atomic mass is 16.5. The first-order chi connectivity index (χ1) is 9.76. The fourth-order valence-corrected chi connectivity index (χ4v) is 1.51. The van der Waals surface area contributed by atoms with Crippen LogP contribution in [0.2, 0.25) is 0 Å². The Balaban J connectivity index is 2.26. The van der Waals surface area contributed by atoms with Crippen LogP contribution in [-0.4, -0.2) is 50.1 Å². The molecule has 0 atom stereocenters. The molecule has 1 aromatic heterocycles. The Hall–Kier alpha value is -1.40. The van der Waals surface area contributed by atoms with Crippen LogP contribution in [0.5, 0.6) is 5.88 Å². The van der Waals surface area contributed by atoms with Gasteiger partial charge in [-0.25, -0.2) is 4.98 Å². The van der Waals surface area contributed by atoms with Gasteiger partial charge in [-0.05, 0) is 13.3 Å². The topological polar surface area (TPSA) is 65.5 Å². The van der Waals surface area contributed by atoms with Crippen molar-refractivity contribution in [2.45, 2.75) is 26.7 Å². The number of methoxy groups -OCH3 is 1. The van der Waals surface area contributed by atoms with E-state index in [0.717, 1.165) is 25.1 Å². The predicted molar refractivity (Wildman–Crippen MR) is 78.4 cm³/mol. The molecule has 0 amide bonds. The highest BCUT2D eigenvalue weighted by Crippen LogP contribution is 2.12. The van der Waals surface area contributed by atoms with Gasteiger partial charge in [0, 0.05) is 38.4 Å². The highest BCUT2D eigenvalue weighted by Gasteiger charge is 2.02. The van der Waals surface area contributed by atoms with Crippen molar-refractivity contribution in [1.29, 1.82) is 0 Å². The predicted octanol–water partition coefficient (Wildman–Crippen LogP) is 2.04. The maximum absolute atomic E-state index is 5.61. The van der Waals surface area contributed by atoms with Gasteiger partial charge in [0.1, 0.15) is 0 Å². The third-order valence-corrected chi connectivity index (χ3v) is 2.48. The molecule has 0 radical (unpaired) electrons. The van der Waals surface area contributed by atoms with Gasteiger partial charge < -0.3 is 19.5 Å². The summed E-state index contributed by atoms with van der Waals surface area (Å²) in [5, 5.41) is 3.16. The lowest BCUT2D eigenvalue weighted by molar-refractivity contribution is 0.0642. The van der Waals surface area contributed by atoms with Crippen LogP contribution in [0, 0.1) is 6.92 Å². The van der Waals surface area contributed by atoms with Crippen molar-refractivity contribution < 1.29 is 14.2 Å². The van der Waals surface area contributed by atoms with Gasteiger partial charge in [-0.15, -0.1) is 0 Å². The number of nitrogens with one attached hydrogen (secondary N) is 1. The Morgan fingerprint density at radius 3 is 2.75 bits per heavy atom. The van der Waals surface area contributed by atoms with Gasteiger partial charge in [0.15, 0.2) is 0 Å². The van der Waals surface area contributed by atoms with Gasteiger partial charge >= 0.3 is 0 Å². The normalized spacial score (nSPS) is 10.6. The minimum Gasteiger partial charge on any atom is -0.477 e. The lowest BCUT2D eigenvalue weighted by Gasteiger charge is -2.09. The zero-order valence-electron chi connectivity index (χ0n) is 12.6. The third kappa shape index (κ3) is 7.25. The molecule has 1 heterocycles. The van der Waals surface area contributed by atoms with Crippen LogP contribution >= 0.6 is 0 Å². The Labute approximate surface area is 120 Å². The maximum atomic E-state index is 5.61. The molecule has 1 N–H and O–H groups in total. The molecule has 6 nitrogen and oxygen atoms in total. The molecule has 0 unspecified atom stereocenters. The average Bonchev–Trinajstić information content (AvgIpc) is 2.43. The minimum absolute atomic E-state index is 0.580. The van der Waals surface area contributed by atoms with Crippen molar-refractivity contribution in [3.8, 4) is 5.88 Å². The van der Waals surface area contributed by atoms with Gasteiger partial charge in [-0.3, -0.25) is 0 Å². The quantitative estimate of drug-likeness (QED) is 0.627. The number of aromatic nitrogens is 2. The summed E-state index contributed by atoms with van der Waals surface area (Å²) in [6.07, 6.45) is 1.86. The van der Waals surface area contributed by atoms with E-state index in [4.69, 9.17) is 14.2 Å².